The number of anilines is 4. The number of nitrogens with two attached hydrogens (primary N) is 4. The molecule has 4 aromatic rings. The average molecular weight is 428 g/mol. The van der Waals surface area contributed by atoms with E-state index in [9.17, 15) is 0 Å². The van der Waals surface area contributed by atoms with E-state index in [0.717, 1.165) is 11.1 Å². The van der Waals surface area contributed by atoms with Crippen LogP contribution in [0.3, 0.4) is 0 Å². The molecule has 0 bridgehead atoms. The predicted octanol–water partition coefficient (Wildman–Crippen LogP) is 4.46. The largest absolute Gasteiger partial charge is 0.382 e. The van der Waals surface area contributed by atoms with E-state index < -0.39 is 0 Å². The Balaban J connectivity index is 1.49. The van der Waals surface area contributed by atoms with Gasteiger partial charge in [0.1, 0.15) is 11.6 Å². The van der Waals surface area contributed by atoms with Gasteiger partial charge < -0.3 is 22.9 Å². The molecule has 0 radical (unpaired) electrons. The third-order valence-electron chi connectivity index (χ3n) is 4.33. The summed E-state index contributed by atoms with van der Waals surface area (Å²) in [6.07, 6.45) is 3.89. The van der Waals surface area contributed by atoms with Crippen molar-refractivity contribution >= 4 is 58.2 Å². The van der Waals surface area contributed by atoms with Crippen molar-refractivity contribution in [2.24, 2.45) is 20.5 Å². The van der Waals surface area contributed by atoms with Gasteiger partial charge in [-0.15, -0.1) is 10.2 Å². The van der Waals surface area contributed by atoms with Crippen molar-refractivity contribution in [2.75, 3.05) is 22.9 Å². The van der Waals surface area contributed by atoms with Crippen LogP contribution in [-0.4, -0.2) is 20.4 Å². The number of hydrogen-bond donors (Lipinski definition) is 6. The zero-order chi connectivity index (χ0) is 22.5. The highest BCUT2D eigenvalue weighted by Gasteiger charge is 2.07. The van der Waals surface area contributed by atoms with E-state index >= 15 is 0 Å². The van der Waals surface area contributed by atoms with Crippen molar-refractivity contribution in [1.82, 2.24) is 20.4 Å². The van der Waals surface area contributed by atoms with Crippen LogP contribution in [0, 0.1) is 0 Å². The third-order valence-corrected chi connectivity index (χ3v) is 4.33. The Hall–Kier alpha value is -5.00. The normalized spacial score (nSPS) is 11.9. The summed E-state index contributed by atoms with van der Waals surface area (Å²) < 4.78 is 0. The monoisotopic (exact) mass is 428 g/mol. The molecule has 0 spiro atoms. The summed E-state index contributed by atoms with van der Waals surface area (Å²) in [5.74, 6) is 0.907. The minimum atomic E-state index is 0.192. The van der Waals surface area contributed by atoms with Gasteiger partial charge in [0.05, 0.1) is 11.4 Å². The van der Waals surface area contributed by atoms with Crippen LogP contribution in [0.2, 0.25) is 0 Å². The zero-order valence-corrected chi connectivity index (χ0v) is 16.8. The van der Waals surface area contributed by atoms with Crippen LogP contribution in [0.25, 0.3) is 12.2 Å². The number of azo groups is 2. The van der Waals surface area contributed by atoms with E-state index in [1.54, 1.807) is 0 Å². The summed E-state index contributed by atoms with van der Waals surface area (Å²) in [5, 5.41) is 29.2. The van der Waals surface area contributed by atoms with Gasteiger partial charge in [-0.3, -0.25) is 10.2 Å². The molecule has 0 unspecified atom stereocenters. The molecule has 12 heteroatoms. The van der Waals surface area contributed by atoms with E-state index in [-0.39, 0.29) is 23.3 Å². The molecule has 160 valence electrons. The third kappa shape index (κ3) is 4.59. The lowest BCUT2D eigenvalue weighted by molar-refractivity contribution is 1.11. The highest BCUT2D eigenvalue weighted by atomic mass is 15.3. The number of nitrogens with zero attached hydrogens (tertiary/aromatic N) is 6. The lowest BCUT2D eigenvalue weighted by Gasteiger charge is -1.98. The summed E-state index contributed by atoms with van der Waals surface area (Å²) in [6, 6.07) is 15.0. The summed E-state index contributed by atoms with van der Waals surface area (Å²) in [4.78, 5) is 0. The molecule has 0 aliphatic rings. The van der Waals surface area contributed by atoms with E-state index in [1.807, 2.05) is 60.7 Å². The van der Waals surface area contributed by atoms with Gasteiger partial charge in [0, 0.05) is 0 Å². The van der Waals surface area contributed by atoms with Crippen molar-refractivity contribution in [1.29, 1.82) is 0 Å². The number of nitrogens with one attached hydrogen (secondary N) is 2. The quantitative estimate of drug-likeness (QED) is 0.192. The first-order valence-corrected chi connectivity index (χ1v) is 9.40. The Bertz CT molecular complexity index is 1190. The van der Waals surface area contributed by atoms with Gasteiger partial charge in [0.15, 0.2) is 23.0 Å². The van der Waals surface area contributed by atoms with Crippen molar-refractivity contribution in [2.45, 2.75) is 0 Å². The van der Waals surface area contributed by atoms with Gasteiger partial charge in [-0.05, 0) is 35.4 Å². The first kappa shape index (κ1) is 20.3. The Morgan fingerprint density at radius 3 is 1.44 bits per heavy atom. The fourth-order valence-electron chi connectivity index (χ4n) is 2.73. The first-order valence-electron chi connectivity index (χ1n) is 9.40. The molecule has 10 N–H and O–H groups in total. The van der Waals surface area contributed by atoms with Crippen molar-refractivity contribution in [3.8, 4) is 0 Å². The van der Waals surface area contributed by atoms with Gasteiger partial charge in [-0.2, -0.15) is 20.4 Å². The van der Waals surface area contributed by atoms with Crippen LogP contribution in [0.15, 0.2) is 69.0 Å². The van der Waals surface area contributed by atoms with Gasteiger partial charge in [-0.25, -0.2) is 0 Å². The summed E-state index contributed by atoms with van der Waals surface area (Å²) >= 11 is 0. The molecular formula is C20H20N12. The molecule has 0 atom stereocenters. The topological polar surface area (TPSA) is 211 Å². The van der Waals surface area contributed by atoms with Crippen LogP contribution in [0.4, 0.5) is 46.0 Å². The second-order valence-corrected chi connectivity index (χ2v) is 6.67. The molecule has 0 aliphatic carbocycles. The number of aromatic nitrogens is 4. The smallest absolute Gasteiger partial charge is 0.175 e. The predicted molar refractivity (Wildman–Crippen MR) is 125 cm³/mol. The second-order valence-electron chi connectivity index (χ2n) is 6.67. The molecule has 2 heterocycles. The SMILES string of the molecule is Nc1n[nH]c(N)c1/N=N/c1cccc(/C=C/c2cccc(/N=N/c3c(N)n[nH]c3N)c2)c1. The Labute approximate surface area is 182 Å². The van der Waals surface area contributed by atoms with Crippen LogP contribution in [-0.2, 0) is 0 Å². The van der Waals surface area contributed by atoms with Crippen LogP contribution in [0.1, 0.15) is 11.1 Å². The summed E-state index contributed by atoms with van der Waals surface area (Å²) in [7, 11) is 0. The maximum Gasteiger partial charge on any atom is 0.175 e. The van der Waals surface area contributed by atoms with Gasteiger partial charge >= 0.3 is 0 Å². The minimum Gasteiger partial charge on any atom is -0.382 e. The zero-order valence-electron chi connectivity index (χ0n) is 16.8. The molecule has 2 aromatic carbocycles. The van der Waals surface area contributed by atoms with Gasteiger partial charge in [-0.1, -0.05) is 36.4 Å². The van der Waals surface area contributed by atoms with Crippen LogP contribution in [0.5, 0.6) is 0 Å². The van der Waals surface area contributed by atoms with Crippen molar-refractivity contribution in [3.05, 3.63) is 59.7 Å². The van der Waals surface area contributed by atoms with E-state index in [2.05, 4.69) is 40.9 Å². The Morgan fingerprint density at radius 1 is 0.625 bits per heavy atom. The summed E-state index contributed by atoms with van der Waals surface area (Å²) in [6.45, 7) is 0. The van der Waals surface area contributed by atoms with Crippen molar-refractivity contribution in [3.63, 3.8) is 0 Å². The number of nitrogen functional groups attached to an aromatic ring is 4. The minimum absolute atomic E-state index is 0.192. The fourth-order valence-corrected chi connectivity index (χ4v) is 2.73. The van der Waals surface area contributed by atoms with Crippen LogP contribution < -0.4 is 22.9 Å². The molecule has 0 saturated carbocycles. The molecule has 2 aromatic heterocycles. The first-order chi connectivity index (χ1) is 15.5. The molecule has 4 rings (SSSR count). The molecule has 0 fully saturated rings. The molecule has 32 heavy (non-hydrogen) atoms. The maximum atomic E-state index is 5.73. The lowest BCUT2D eigenvalue weighted by Crippen LogP contribution is -1.84. The second kappa shape index (κ2) is 8.79. The van der Waals surface area contributed by atoms with Crippen molar-refractivity contribution < 1.29 is 0 Å². The van der Waals surface area contributed by atoms with Gasteiger partial charge in [0.2, 0.25) is 0 Å². The molecular weight excluding hydrogens is 408 g/mol. The number of benzene rings is 2. The van der Waals surface area contributed by atoms with E-state index in [0.29, 0.717) is 22.7 Å². The van der Waals surface area contributed by atoms with E-state index in [1.165, 1.54) is 0 Å². The molecule has 0 aliphatic heterocycles. The standard InChI is InChI=1S/C20H20N12/c21-17-15(18(22)30-29-17)27-25-13-5-1-3-11(9-13)7-8-12-4-2-6-14(10-12)26-28-16-19(23)31-32-20(16)24/h1-10H,(H5,21,22,29,30)(H5,23,24,31,32)/b8-7+,27-25+,28-26+. The molecule has 0 amide bonds. The fraction of sp³-hybridized carbons (Fsp3) is 0. The lowest BCUT2D eigenvalue weighted by atomic mass is 10.1. The Kier molecular flexibility index (Phi) is 5.57. The Morgan fingerprint density at radius 2 is 1.06 bits per heavy atom. The number of rotatable bonds is 6. The average Bonchev–Trinajstić information content (AvgIpc) is 3.29. The highest BCUT2D eigenvalue weighted by Crippen LogP contribution is 2.29. The molecule has 0 saturated heterocycles. The maximum absolute atomic E-state index is 5.73. The number of aromatic amines is 2. The van der Waals surface area contributed by atoms with E-state index in [4.69, 9.17) is 22.9 Å². The van der Waals surface area contributed by atoms with Gasteiger partial charge in [0.25, 0.3) is 0 Å². The van der Waals surface area contributed by atoms with Crippen LogP contribution >= 0.6 is 0 Å². The number of H-pyrrole nitrogens is 2. The summed E-state index contributed by atoms with van der Waals surface area (Å²) in [5.41, 5.74) is 26.6. The highest BCUT2D eigenvalue weighted by molar-refractivity contribution is 5.73. The molecule has 12 nitrogen and oxygen atoms in total. The number of hydrogen-bond acceptors (Lipinski definition) is 10.